The fraction of sp³-hybridized carbons (Fsp3) is 0.0800. The molecule has 0 fully saturated rings. The van der Waals surface area contributed by atoms with Crippen LogP contribution < -0.4 is 10.2 Å². The van der Waals surface area contributed by atoms with Crippen LogP contribution in [0.4, 0.5) is 10.1 Å². The third-order valence-corrected chi connectivity index (χ3v) is 4.92. The van der Waals surface area contributed by atoms with Gasteiger partial charge in [0.25, 0.3) is 5.91 Å². The number of pyridine rings is 1. The Morgan fingerprint density at radius 1 is 0.879 bits per heavy atom. The first-order chi connectivity index (χ1) is 16.1. The van der Waals surface area contributed by atoms with Gasteiger partial charge >= 0.3 is 0 Å². The average Bonchev–Trinajstić information content (AvgIpc) is 2.88. The van der Waals surface area contributed by atoms with Gasteiger partial charge in [0.2, 0.25) is 5.91 Å². The number of halogens is 1. The first kappa shape index (κ1) is 21.8. The van der Waals surface area contributed by atoms with E-state index in [1.807, 2.05) is 30.3 Å². The van der Waals surface area contributed by atoms with Crippen LogP contribution in [0.1, 0.15) is 27.7 Å². The lowest BCUT2D eigenvalue weighted by Gasteiger charge is -2.31. The molecule has 0 saturated carbocycles. The molecule has 0 saturated heterocycles. The summed E-state index contributed by atoms with van der Waals surface area (Å²) in [5, 5.41) is 2.89. The maximum Gasteiger partial charge on any atom is 0.279 e. The van der Waals surface area contributed by atoms with Crippen LogP contribution in [0.5, 0.6) is 0 Å². The van der Waals surface area contributed by atoms with Crippen LogP contribution in [0.2, 0.25) is 0 Å². The molecule has 4 rings (SSSR count). The molecular formula is C25H20FN5O2. The molecular weight excluding hydrogens is 421 g/mol. The monoisotopic (exact) mass is 441 g/mol. The van der Waals surface area contributed by atoms with Gasteiger partial charge in [-0.05, 0) is 35.9 Å². The topological polar surface area (TPSA) is 88.1 Å². The third kappa shape index (κ3) is 5.24. The van der Waals surface area contributed by atoms with E-state index in [4.69, 9.17) is 0 Å². The van der Waals surface area contributed by atoms with Crippen molar-refractivity contribution < 1.29 is 14.0 Å². The van der Waals surface area contributed by atoms with Gasteiger partial charge in [0.15, 0.2) is 0 Å². The van der Waals surface area contributed by atoms with Crippen molar-refractivity contribution in [1.82, 2.24) is 20.3 Å². The number of hydrogen-bond acceptors (Lipinski definition) is 5. The molecule has 0 bridgehead atoms. The largest absolute Gasteiger partial charge is 0.350 e. The van der Waals surface area contributed by atoms with Crippen LogP contribution >= 0.6 is 0 Å². The van der Waals surface area contributed by atoms with Crippen molar-refractivity contribution in [2.45, 2.75) is 12.6 Å². The molecule has 0 aliphatic carbocycles. The molecule has 1 unspecified atom stereocenters. The van der Waals surface area contributed by atoms with E-state index in [1.165, 1.54) is 54.0 Å². The van der Waals surface area contributed by atoms with Gasteiger partial charge in [-0.1, -0.05) is 36.4 Å². The summed E-state index contributed by atoms with van der Waals surface area (Å²) >= 11 is 0. The number of nitrogens with one attached hydrogen (secondary N) is 1. The lowest BCUT2D eigenvalue weighted by Crippen LogP contribution is -2.44. The Morgan fingerprint density at radius 2 is 1.64 bits per heavy atom. The van der Waals surface area contributed by atoms with Crippen molar-refractivity contribution in [3.05, 3.63) is 120 Å². The Bertz CT molecular complexity index is 1210. The minimum absolute atomic E-state index is 0.0478. The van der Waals surface area contributed by atoms with E-state index in [-0.39, 0.29) is 12.2 Å². The Morgan fingerprint density at radius 3 is 2.30 bits per heavy atom. The highest BCUT2D eigenvalue weighted by Crippen LogP contribution is 2.29. The zero-order valence-electron chi connectivity index (χ0n) is 17.5. The summed E-state index contributed by atoms with van der Waals surface area (Å²) in [6.07, 6.45) is 7.26. The van der Waals surface area contributed by atoms with Gasteiger partial charge in [0.1, 0.15) is 17.6 Å². The number of anilines is 1. The number of benzene rings is 2. The zero-order chi connectivity index (χ0) is 23.0. The number of aromatic nitrogens is 3. The number of carbonyl (C=O) groups is 2. The lowest BCUT2D eigenvalue weighted by molar-refractivity contribution is -0.122. The first-order valence-electron chi connectivity index (χ1n) is 10.2. The van der Waals surface area contributed by atoms with Crippen molar-refractivity contribution in [3.8, 4) is 0 Å². The minimum atomic E-state index is -1.08. The van der Waals surface area contributed by atoms with Crippen LogP contribution in [0, 0.1) is 5.82 Å². The van der Waals surface area contributed by atoms with Gasteiger partial charge in [-0.2, -0.15) is 0 Å². The molecule has 4 aromatic rings. The molecule has 0 spiro atoms. The highest BCUT2D eigenvalue weighted by molar-refractivity contribution is 6.08. The predicted molar refractivity (Wildman–Crippen MR) is 121 cm³/mol. The molecule has 7 nitrogen and oxygen atoms in total. The molecule has 2 aromatic carbocycles. The van der Waals surface area contributed by atoms with E-state index < -0.39 is 23.7 Å². The Balaban J connectivity index is 1.76. The number of hydrogen-bond donors (Lipinski definition) is 1. The van der Waals surface area contributed by atoms with E-state index in [0.717, 1.165) is 5.56 Å². The molecule has 0 aliphatic heterocycles. The van der Waals surface area contributed by atoms with Gasteiger partial charge in [0.05, 0.1) is 6.20 Å². The fourth-order valence-corrected chi connectivity index (χ4v) is 3.36. The quantitative estimate of drug-likeness (QED) is 0.472. The van der Waals surface area contributed by atoms with Gasteiger partial charge in [-0.25, -0.2) is 9.37 Å². The lowest BCUT2D eigenvalue weighted by atomic mass is 10.0. The summed E-state index contributed by atoms with van der Waals surface area (Å²) in [5.74, 6) is -1.44. The van der Waals surface area contributed by atoms with Crippen molar-refractivity contribution >= 4 is 17.5 Å². The van der Waals surface area contributed by atoms with Crippen molar-refractivity contribution in [3.63, 3.8) is 0 Å². The summed E-state index contributed by atoms with van der Waals surface area (Å²) in [5.41, 5.74) is 1.77. The predicted octanol–water partition coefficient (Wildman–Crippen LogP) is 3.72. The van der Waals surface area contributed by atoms with Crippen LogP contribution in [0.3, 0.4) is 0 Å². The van der Waals surface area contributed by atoms with E-state index >= 15 is 0 Å². The average molecular weight is 441 g/mol. The Kier molecular flexibility index (Phi) is 6.75. The van der Waals surface area contributed by atoms with Gasteiger partial charge in [-0.3, -0.25) is 24.5 Å². The second-order valence-electron chi connectivity index (χ2n) is 7.13. The van der Waals surface area contributed by atoms with E-state index in [2.05, 4.69) is 20.3 Å². The molecule has 2 aromatic heterocycles. The smallest absolute Gasteiger partial charge is 0.279 e. The summed E-state index contributed by atoms with van der Waals surface area (Å²) in [6, 6.07) is 17.1. The Hall–Kier alpha value is -4.46. The Labute approximate surface area is 190 Å². The second kappa shape index (κ2) is 10.2. The molecule has 0 radical (unpaired) electrons. The van der Waals surface area contributed by atoms with Gasteiger partial charge < -0.3 is 5.32 Å². The fourth-order valence-electron chi connectivity index (χ4n) is 3.36. The number of carbonyl (C=O) groups excluding carboxylic acids is 2. The molecule has 164 valence electrons. The van der Waals surface area contributed by atoms with Crippen LogP contribution in [-0.2, 0) is 11.3 Å². The van der Waals surface area contributed by atoms with Crippen LogP contribution in [0.25, 0.3) is 0 Å². The number of rotatable bonds is 7. The van der Waals surface area contributed by atoms with Crippen LogP contribution in [-0.4, -0.2) is 26.8 Å². The highest BCUT2D eigenvalue weighted by atomic mass is 19.1. The zero-order valence-corrected chi connectivity index (χ0v) is 17.5. The van der Waals surface area contributed by atoms with E-state index in [9.17, 15) is 14.0 Å². The maximum atomic E-state index is 13.7. The number of amides is 2. The highest BCUT2D eigenvalue weighted by Gasteiger charge is 2.34. The van der Waals surface area contributed by atoms with E-state index in [0.29, 0.717) is 11.3 Å². The van der Waals surface area contributed by atoms with Crippen molar-refractivity contribution in [2.75, 3.05) is 4.90 Å². The molecule has 33 heavy (non-hydrogen) atoms. The molecule has 1 N–H and O–H groups in total. The summed E-state index contributed by atoms with van der Waals surface area (Å²) in [6.45, 7) is 0.271. The standard InChI is InChI=1S/C25H20FN5O2/c26-20-8-10-21(11-9-20)31(25(33)22-17-28-13-14-29-22)23(19-7-4-12-27-16-19)24(32)30-15-18-5-2-1-3-6-18/h1-14,16-17,23H,15H2,(H,30,32). The first-order valence-corrected chi connectivity index (χ1v) is 10.2. The van der Waals surface area contributed by atoms with Crippen LogP contribution in [0.15, 0.2) is 97.7 Å². The van der Waals surface area contributed by atoms with Crippen molar-refractivity contribution in [1.29, 1.82) is 0 Å². The summed E-state index contributed by atoms with van der Waals surface area (Å²) < 4.78 is 13.7. The normalized spacial score (nSPS) is 11.4. The number of nitrogens with zero attached hydrogens (tertiary/aromatic N) is 4. The SMILES string of the molecule is O=C(NCc1ccccc1)C(c1cccnc1)N(C(=O)c1cnccn1)c1ccc(F)cc1. The minimum Gasteiger partial charge on any atom is -0.350 e. The molecule has 8 heteroatoms. The molecule has 2 amide bonds. The molecule has 0 aliphatic rings. The van der Waals surface area contributed by atoms with Crippen molar-refractivity contribution in [2.24, 2.45) is 0 Å². The molecule has 1 atom stereocenters. The van der Waals surface area contributed by atoms with Gasteiger partial charge in [-0.15, -0.1) is 0 Å². The third-order valence-electron chi connectivity index (χ3n) is 4.92. The van der Waals surface area contributed by atoms with Gasteiger partial charge in [0, 0.05) is 42.6 Å². The van der Waals surface area contributed by atoms with E-state index in [1.54, 1.807) is 18.3 Å². The summed E-state index contributed by atoms with van der Waals surface area (Å²) in [7, 11) is 0. The maximum absolute atomic E-state index is 13.7. The second-order valence-corrected chi connectivity index (χ2v) is 7.13. The molecule has 2 heterocycles. The summed E-state index contributed by atoms with van der Waals surface area (Å²) in [4.78, 5) is 40.5.